The first-order valence-corrected chi connectivity index (χ1v) is 7.83. The molecule has 1 saturated heterocycles. The molecule has 1 N–H and O–H groups in total. The summed E-state index contributed by atoms with van der Waals surface area (Å²) >= 11 is 0. The van der Waals surface area contributed by atoms with E-state index in [4.69, 9.17) is 14.2 Å². The monoisotopic (exact) mass is 309 g/mol. The number of benzene rings is 1. The van der Waals surface area contributed by atoms with Gasteiger partial charge in [-0.2, -0.15) is 0 Å². The van der Waals surface area contributed by atoms with E-state index in [0.29, 0.717) is 25.8 Å². The van der Waals surface area contributed by atoms with Crippen molar-refractivity contribution in [1.82, 2.24) is 4.90 Å². The lowest BCUT2D eigenvalue weighted by Gasteiger charge is -2.37. The van der Waals surface area contributed by atoms with Crippen molar-refractivity contribution in [2.24, 2.45) is 0 Å². The Bertz CT molecular complexity index is 454. The van der Waals surface area contributed by atoms with E-state index in [1.165, 1.54) is 0 Å². The zero-order valence-corrected chi connectivity index (χ0v) is 13.7. The summed E-state index contributed by atoms with van der Waals surface area (Å²) in [5, 5.41) is 10.2. The van der Waals surface area contributed by atoms with Crippen LogP contribution >= 0.6 is 0 Å². The normalized spacial score (nSPS) is 24.2. The molecule has 0 aromatic heterocycles. The molecule has 1 aromatic rings. The molecule has 0 unspecified atom stereocenters. The topological polar surface area (TPSA) is 51.2 Å². The highest BCUT2D eigenvalue weighted by atomic mass is 16.5. The summed E-state index contributed by atoms with van der Waals surface area (Å²) in [6.45, 7) is 7.12. The Hall–Kier alpha value is -1.14. The number of methoxy groups -OCH3 is 1. The molecule has 1 aliphatic heterocycles. The van der Waals surface area contributed by atoms with E-state index < -0.39 is 6.10 Å². The molecule has 1 heterocycles. The average Bonchev–Trinajstić information content (AvgIpc) is 2.51. The maximum atomic E-state index is 10.2. The van der Waals surface area contributed by atoms with Gasteiger partial charge in [-0.1, -0.05) is 18.2 Å². The molecule has 0 amide bonds. The molecule has 5 heteroatoms. The molecule has 1 aliphatic rings. The minimum atomic E-state index is -0.498. The minimum absolute atomic E-state index is 0.220. The van der Waals surface area contributed by atoms with E-state index in [9.17, 15) is 5.11 Å². The van der Waals surface area contributed by atoms with Crippen molar-refractivity contribution in [2.45, 2.75) is 38.7 Å². The van der Waals surface area contributed by atoms with Gasteiger partial charge in [-0.3, -0.25) is 4.90 Å². The zero-order chi connectivity index (χ0) is 15.9. The van der Waals surface area contributed by atoms with E-state index in [0.717, 1.165) is 24.5 Å². The standard InChI is InChI=1S/C17H27NO4/c1-13-10-22-14(2)8-18(13)9-16(19)12-21-11-15-6-4-5-7-17(15)20-3/h4-7,13-14,16,19H,8-12H2,1-3H3/t13-,14-,16+/m0/s1. The van der Waals surface area contributed by atoms with Gasteiger partial charge < -0.3 is 19.3 Å². The van der Waals surface area contributed by atoms with Gasteiger partial charge in [-0.25, -0.2) is 0 Å². The first kappa shape index (κ1) is 17.2. The Morgan fingerprint density at radius 2 is 2.14 bits per heavy atom. The summed E-state index contributed by atoms with van der Waals surface area (Å²) in [6, 6.07) is 8.09. The van der Waals surface area contributed by atoms with Gasteiger partial charge in [0.05, 0.1) is 39.1 Å². The van der Waals surface area contributed by atoms with E-state index in [-0.39, 0.29) is 6.10 Å². The van der Waals surface area contributed by atoms with Gasteiger partial charge in [0.15, 0.2) is 0 Å². The van der Waals surface area contributed by atoms with Crippen molar-refractivity contribution in [2.75, 3.05) is 33.4 Å². The molecule has 22 heavy (non-hydrogen) atoms. The number of β-amino-alcohol motifs (C(OH)–C–C–N with tert-alkyl or cyclic N) is 1. The molecule has 0 spiro atoms. The summed E-state index contributed by atoms with van der Waals surface area (Å²) in [7, 11) is 1.65. The summed E-state index contributed by atoms with van der Waals surface area (Å²) in [6.07, 6.45) is -0.277. The Morgan fingerprint density at radius 3 is 2.91 bits per heavy atom. The quantitative estimate of drug-likeness (QED) is 0.830. The number of ether oxygens (including phenoxy) is 3. The van der Waals surface area contributed by atoms with Crippen LogP contribution < -0.4 is 4.74 Å². The van der Waals surface area contributed by atoms with Crippen molar-refractivity contribution in [1.29, 1.82) is 0 Å². The van der Waals surface area contributed by atoms with Gasteiger partial charge in [0.1, 0.15) is 5.75 Å². The summed E-state index contributed by atoms with van der Waals surface area (Å²) < 4.78 is 16.5. The van der Waals surface area contributed by atoms with Crippen LogP contribution in [0.2, 0.25) is 0 Å². The molecule has 0 aliphatic carbocycles. The molecule has 1 fully saturated rings. The number of para-hydroxylation sites is 1. The maximum Gasteiger partial charge on any atom is 0.124 e. The smallest absolute Gasteiger partial charge is 0.124 e. The Kier molecular flexibility index (Phi) is 6.64. The Balaban J connectivity index is 1.74. The van der Waals surface area contributed by atoms with Crippen LogP contribution in [0, 0.1) is 0 Å². The van der Waals surface area contributed by atoms with Crippen LogP contribution in [0.4, 0.5) is 0 Å². The predicted molar refractivity (Wildman–Crippen MR) is 85.1 cm³/mol. The number of hydrogen-bond acceptors (Lipinski definition) is 5. The third kappa shape index (κ3) is 4.95. The molecular weight excluding hydrogens is 282 g/mol. The zero-order valence-electron chi connectivity index (χ0n) is 13.7. The molecule has 2 rings (SSSR count). The fourth-order valence-electron chi connectivity index (χ4n) is 2.68. The molecule has 1 aromatic carbocycles. The third-order valence-corrected chi connectivity index (χ3v) is 3.94. The number of morpholine rings is 1. The first-order valence-electron chi connectivity index (χ1n) is 7.83. The molecule has 0 radical (unpaired) electrons. The van der Waals surface area contributed by atoms with E-state index in [2.05, 4.69) is 18.7 Å². The number of aliphatic hydroxyl groups excluding tert-OH is 1. The molecule has 3 atom stereocenters. The lowest BCUT2D eigenvalue weighted by atomic mass is 10.2. The van der Waals surface area contributed by atoms with Crippen LogP contribution in [-0.4, -0.2) is 61.7 Å². The lowest BCUT2D eigenvalue weighted by molar-refractivity contribution is -0.0712. The lowest BCUT2D eigenvalue weighted by Crippen LogP contribution is -2.50. The van der Waals surface area contributed by atoms with E-state index in [1.807, 2.05) is 24.3 Å². The molecule has 0 saturated carbocycles. The number of aliphatic hydroxyl groups is 1. The molecule has 124 valence electrons. The highest BCUT2D eigenvalue weighted by Gasteiger charge is 2.25. The number of rotatable bonds is 7. The maximum absolute atomic E-state index is 10.2. The third-order valence-electron chi connectivity index (χ3n) is 3.94. The summed E-state index contributed by atoms with van der Waals surface area (Å²) in [4.78, 5) is 2.26. The average molecular weight is 309 g/mol. The van der Waals surface area contributed by atoms with Gasteiger partial charge in [0, 0.05) is 24.7 Å². The van der Waals surface area contributed by atoms with Gasteiger partial charge in [-0.05, 0) is 19.9 Å². The van der Waals surface area contributed by atoms with Crippen molar-refractivity contribution in [3.63, 3.8) is 0 Å². The number of nitrogens with zero attached hydrogens (tertiary/aromatic N) is 1. The number of hydrogen-bond donors (Lipinski definition) is 1. The first-order chi connectivity index (χ1) is 10.6. The minimum Gasteiger partial charge on any atom is -0.496 e. The SMILES string of the molecule is COc1ccccc1COC[C@H](O)CN1C[C@H](C)OC[C@@H]1C. The van der Waals surface area contributed by atoms with Crippen LogP contribution in [-0.2, 0) is 16.1 Å². The van der Waals surface area contributed by atoms with Crippen LogP contribution in [0.5, 0.6) is 5.75 Å². The fourth-order valence-corrected chi connectivity index (χ4v) is 2.68. The second-order valence-corrected chi connectivity index (χ2v) is 5.93. The van der Waals surface area contributed by atoms with Crippen LogP contribution in [0.25, 0.3) is 0 Å². The fraction of sp³-hybridized carbons (Fsp3) is 0.647. The molecule has 5 nitrogen and oxygen atoms in total. The largest absolute Gasteiger partial charge is 0.496 e. The molecule has 0 bridgehead atoms. The summed E-state index contributed by atoms with van der Waals surface area (Å²) in [5.41, 5.74) is 0.991. The Labute approximate surface area is 132 Å². The van der Waals surface area contributed by atoms with Gasteiger partial charge in [0.2, 0.25) is 0 Å². The van der Waals surface area contributed by atoms with E-state index >= 15 is 0 Å². The van der Waals surface area contributed by atoms with Crippen LogP contribution in [0.1, 0.15) is 19.4 Å². The van der Waals surface area contributed by atoms with Crippen LogP contribution in [0.3, 0.4) is 0 Å². The Morgan fingerprint density at radius 1 is 1.36 bits per heavy atom. The second kappa shape index (κ2) is 8.48. The van der Waals surface area contributed by atoms with Crippen LogP contribution in [0.15, 0.2) is 24.3 Å². The highest BCUT2D eigenvalue weighted by Crippen LogP contribution is 2.18. The van der Waals surface area contributed by atoms with Crippen molar-refractivity contribution in [3.05, 3.63) is 29.8 Å². The highest BCUT2D eigenvalue weighted by molar-refractivity contribution is 5.32. The van der Waals surface area contributed by atoms with Crippen molar-refractivity contribution < 1.29 is 19.3 Å². The summed E-state index contributed by atoms with van der Waals surface area (Å²) in [5.74, 6) is 0.813. The van der Waals surface area contributed by atoms with E-state index in [1.54, 1.807) is 7.11 Å². The van der Waals surface area contributed by atoms with Gasteiger partial charge in [-0.15, -0.1) is 0 Å². The molecular formula is C17H27NO4. The van der Waals surface area contributed by atoms with Gasteiger partial charge in [0.25, 0.3) is 0 Å². The second-order valence-electron chi connectivity index (χ2n) is 5.93. The van der Waals surface area contributed by atoms with Gasteiger partial charge >= 0.3 is 0 Å². The predicted octanol–water partition coefficient (Wildman–Crippen LogP) is 1.68. The van der Waals surface area contributed by atoms with Crippen molar-refractivity contribution in [3.8, 4) is 5.75 Å². The van der Waals surface area contributed by atoms with Crippen molar-refractivity contribution >= 4 is 0 Å².